The van der Waals surface area contributed by atoms with Crippen LogP contribution in [0.3, 0.4) is 0 Å². The van der Waals surface area contributed by atoms with E-state index in [0.717, 1.165) is 18.2 Å². The number of benzene rings is 1. The van der Waals surface area contributed by atoms with Gasteiger partial charge in [0.25, 0.3) is 5.91 Å². The van der Waals surface area contributed by atoms with Crippen LogP contribution in [0.15, 0.2) is 23.1 Å². The van der Waals surface area contributed by atoms with Gasteiger partial charge in [0.15, 0.2) is 9.84 Å². The smallest absolute Gasteiger partial charge is 0.392 e. The maximum absolute atomic E-state index is 12.6. The van der Waals surface area contributed by atoms with Gasteiger partial charge in [-0.25, -0.2) is 8.42 Å². The number of alkyl halides is 3. The van der Waals surface area contributed by atoms with Crippen molar-refractivity contribution in [1.82, 2.24) is 0 Å². The lowest BCUT2D eigenvalue weighted by Gasteiger charge is -2.25. The maximum Gasteiger partial charge on any atom is 0.426 e. The van der Waals surface area contributed by atoms with Gasteiger partial charge < -0.3 is 15.5 Å². The van der Waals surface area contributed by atoms with Crippen LogP contribution in [-0.4, -0.2) is 48.2 Å². The molecule has 0 saturated carbocycles. The number of aliphatic hydroxyl groups excluding tert-OH is 1. The van der Waals surface area contributed by atoms with Crippen LogP contribution in [0.25, 0.3) is 0 Å². The lowest BCUT2D eigenvalue weighted by atomic mass is 10.1. The Bertz CT molecular complexity index is 749. The summed E-state index contributed by atoms with van der Waals surface area (Å²) in [7, 11) is -3.87. The highest BCUT2D eigenvalue weighted by Gasteiger charge is 2.55. The first-order chi connectivity index (χ1) is 11.2. The van der Waals surface area contributed by atoms with Crippen molar-refractivity contribution in [2.45, 2.75) is 43.0 Å². The van der Waals surface area contributed by atoms with E-state index in [1.165, 1.54) is 0 Å². The molecule has 1 aromatic rings. The molecular formula is C14H17ClF3NO5S. The first-order valence-electron chi connectivity index (χ1n) is 7.03. The van der Waals surface area contributed by atoms with Gasteiger partial charge in [0.05, 0.1) is 27.5 Å². The molecule has 0 heterocycles. The van der Waals surface area contributed by atoms with Gasteiger partial charge in [-0.1, -0.05) is 18.5 Å². The highest BCUT2D eigenvalue weighted by Crippen LogP contribution is 2.32. The van der Waals surface area contributed by atoms with Gasteiger partial charge in [-0.15, -0.1) is 0 Å². The molecule has 2 atom stereocenters. The highest BCUT2D eigenvalue weighted by molar-refractivity contribution is 7.91. The molecule has 0 aliphatic carbocycles. The van der Waals surface area contributed by atoms with Gasteiger partial charge >= 0.3 is 6.18 Å². The topological polar surface area (TPSA) is 104 Å². The molecule has 6 nitrogen and oxygen atoms in total. The molecule has 0 spiro atoms. The fraction of sp³-hybridized carbons (Fsp3) is 0.500. The van der Waals surface area contributed by atoms with Crippen LogP contribution < -0.4 is 5.32 Å². The number of halogens is 4. The summed E-state index contributed by atoms with van der Waals surface area (Å²) in [6, 6.07) is 2.97. The van der Waals surface area contributed by atoms with Crippen LogP contribution in [0.4, 0.5) is 18.9 Å². The van der Waals surface area contributed by atoms with Crippen molar-refractivity contribution < 1.29 is 36.6 Å². The lowest BCUT2D eigenvalue weighted by molar-refractivity contribution is -0.242. The third-order valence-electron chi connectivity index (χ3n) is 3.43. The van der Waals surface area contributed by atoms with E-state index >= 15 is 0 Å². The summed E-state index contributed by atoms with van der Waals surface area (Å²) < 4.78 is 62.0. The van der Waals surface area contributed by atoms with E-state index in [-0.39, 0.29) is 29.0 Å². The number of carbonyl (C=O) groups excluding carboxylic acids is 1. The van der Waals surface area contributed by atoms with Gasteiger partial charge in [-0.3, -0.25) is 4.79 Å². The zero-order chi connectivity index (χ0) is 19.6. The van der Waals surface area contributed by atoms with Crippen molar-refractivity contribution in [2.75, 3.05) is 11.1 Å². The van der Waals surface area contributed by atoms with E-state index in [1.54, 1.807) is 12.2 Å². The Morgan fingerprint density at radius 1 is 1.36 bits per heavy atom. The van der Waals surface area contributed by atoms with E-state index < -0.39 is 39.4 Å². The first kappa shape index (κ1) is 21.7. The van der Waals surface area contributed by atoms with Crippen LogP contribution in [-0.2, 0) is 14.6 Å². The summed E-state index contributed by atoms with van der Waals surface area (Å²) in [6.07, 6.45) is -6.07. The Balaban J connectivity index is 3.06. The number of sulfone groups is 1. The first-order valence-corrected chi connectivity index (χ1v) is 9.06. The third kappa shape index (κ3) is 5.06. The molecule has 1 aromatic carbocycles. The zero-order valence-corrected chi connectivity index (χ0v) is 14.8. The summed E-state index contributed by atoms with van der Waals surface area (Å²) in [5, 5.41) is 20.2. The largest absolute Gasteiger partial charge is 0.426 e. The van der Waals surface area contributed by atoms with E-state index in [2.05, 4.69) is 0 Å². The molecule has 0 saturated heterocycles. The molecule has 3 N–H and O–H groups in total. The van der Waals surface area contributed by atoms with Crippen molar-refractivity contribution in [3.63, 3.8) is 0 Å². The molecule has 0 aliphatic rings. The van der Waals surface area contributed by atoms with Crippen molar-refractivity contribution >= 4 is 33.0 Å². The predicted molar refractivity (Wildman–Crippen MR) is 85.1 cm³/mol. The van der Waals surface area contributed by atoms with Gasteiger partial charge in [0, 0.05) is 0 Å². The van der Waals surface area contributed by atoms with Crippen LogP contribution in [0.1, 0.15) is 20.3 Å². The SMILES string of the molecule is CCC(O)CS(=O)(=O)c1ccc(NC(=O)C(C)(O)C(F)(F)F)c(Cl)c1. The van der Waals surface area contributed by atoms with Crippen molar-refractivity contribution in [1.29, 1.82) is 0 Å². The molecule has 11 heteroatoms. The lowest BCUT2D eigenvalue weighted by Crippen LogP contribution is -2.52. The molecule has 1 rings (SSSR count). The molecule has 142 valence electrons. The fourth-order valence-electron chi connectivity index (χ4n) is 1.63. The quantitative estimate of drug-likeness (QED) is 0.675. The van der Waals surface area contributed by atoms with E-state index in [9.17, 15) is 36.6 Å². The number of anilines is 1. The number of hydrogen-bond donors (Lipinski definition) is 3. The molecular weight excluding hydrogens is 387 g/mol. The monoisotopic (exact) mass is 403 g/mol. The minimum absolute atomic E-state index is 0.216. The Morgan fingerprint density at radius 3 is 2.36 bits per heavy atom. The fourth-order valence-corrected chi connectivity index (χ4v) is 3.43. The summed E-state index contributed by atoms with van der Waals surface area (Å²) in [4.78, 5) is 11.3. The third-order valence-corrected chi connectivity index (χ3v) is 5.53. The van der Waals surface area contributed by atoms with Crippen LogP contribution in [0.5, 0.6) is 0 Å². The molecule has 0 fully saturated rings. The highest BCUT2D eigenvalue weighted by atomic mass is 35.5. The number of nitrogens with one attached hydrogen (secondary N) is 1. The van der Waals surface area contributed by atoms with Crippen molar-refractivity contribution in [3.05, 3.63) is 23.2 Å². The minimum atomic E-state index is -5.21. The molecule has 2 unspecified atom stereocenters. The molecule has 0 radical (unpaired) electrons. The zero-order valence-electron chi connectivity index (χ0n) is 13.3. The molecule has 1 amide bonds. The second kappa shape index (κ2) is 7.48. The second-order valence-corrected chi connectivity index (χ2v) is 7.95. The number of hydrogen-bond acceptors (Lipinski definition) is 5. The summed E-state index contributed by atoms with van der Waals surface area (Å²) in [5.74, 6) is -2.31. The van der Waals surface area contributed by atoms with Crippen LogP contribution in [0.2, 0.25) is 5.02 Å². The Hall–Kier alpha value is -1.36. The summed E-state index contributed by atoms with van der Waals surface area (Å²) in [5.41, 5.74) is -3.95. The number of rotatable bonds is 6. The van der Waals surface area contributed by atoms with Crippen LogP contribution in [0, 0.1) is 0 Å². The molecule has 0 aromatic heterocycles. The Labute approximate surface area is 147 Å². The summed E-state index contributed by atoms with van der Waals surface area (Å²) in [6.45, 7) is 1.87. The number of carbonyl (C=O) groups is 1. The van der Waals surface area contributed by atoms with Crippen LogP contribution >= 0.6 is 11.6 Å². The van der Waals surface area contributed by atoms with Crippen molar-refractivity contribution in [3.8, 4) is 0 Å². The summed E-state index contributed by atoms with van der Waals surface area (Å²) >= 11 is 5.81. The average molecular weight is 404 g/mol. The van der Waals surface area contributed by atoms with Gasteiger partial charge in [0.2, 0.25) is 5.60 Å². The van der Waals surface area contributed by atoms with Crippen molar-refractivity contribution in [2.24, 2.45) is 0 Å². The van der Waals surface area contributed by atoms with Gasteiger partial charge in [0.1, 0.15) is 0 Å². The predicted octanol–water partition coefficient (Wildman–Crippen LogP) is 2.14. The Morgan fingerprint density at radius 2 is 1.92 bits per heavy atom. The molecule has 0 bridgehead atoms. The standard InChI is InChI=1S/C14H17ClF3NO5S/c1-3-8(20)7-25(23,24)9-4-5-11(10(15)6-9)19-12(21)13(2,22)14(16,17)18/h4-6,8,20,22H,3,7H2,1-2H3,(H,19,21). The van der Waals surface area contributed by atoms with E-state index in [0.29, 0.717) is 0 Å². The number of amides is 1. The number of aliphatic hydroxyl groups is 2. The second-order valence-electron chi connectivity index (χ2n) is 5.51. The molecule has 0 aliphatic heterocycles. The van der Waals surface area contributed by atoms with E-state index in [4.69, 9.17) is 11.6 Å². The maximum atomic E-state index is 12.6. The average Bonchev–Trinajstić information content (AvgIpc) is 2.47. The minimum Gasteiger partial charge on any atom is -0.392 e. The van der Waals surface area contributed by atoms with Gasteiger partial charge in [-0.05, 0) is 31.5 Å². The van der Waals surface area contributed by atoms with Gasteiger partial charge in [-0.2, -0.15) is 13.2 Å². The van der Waals surface area contributed by atoms with E-state index in [1.807, 2.05) is 0 Å². The Kier molecular flexibility index (Phi) is 6.49. The molecule has 25 heavy (non-hydrogen) atoms. The normalized spacial score (nSPS) is 16.2.